The van der Waals surface area contributed by atoms with Crippen LogP contribution >= 0.6 is 0 Å². The zero-order chi connectivity index (χ0) is 15.4. The molecule has 2 amide bonds. The van der Waals surface area contributed by atoms with E-state index in [0.29, 0.717) is 17.8 Å². The van der Waals surface area contributed by atoms with Crippen LogP contribution in [0.1, 0.15) is 28.8 Å². The van der Waals surface area contributed by atoms with Gasteiger partial charge < -0.3 is 10.6 Å². The van der Waals surface area contributed by atoms with Gasteiger partial charge in [-0.25, -0.2) is 0 Å². The van der Waals surface area contributed by atoms with Crippen LogP contribution in [-0.4, -0.2) is 16.8 Å². The Morgan fingerprint density at radius 3 is 2.68 bits per heavy atom. The number of benzene rings is 1. The average molecular weight is 295 g/mol. The zero-order valence-corrected chi connectivity index (χ0v) is 12.1. The number of pyridine rings is 1. The highest BCUT2D eigenvalue weighted by Crippen LogP contribution is 2.29. The molecule has 0 radical (unpaired) electrons. The first kappa shape index (κ1) is 14.3. The number of rotatable bonds is 5. The van der Waals surface area contributed by atoms with Crippen molar-refractivity contribution < 1.29 is 9.59 Å². The highest BCUT2D eigenvalue weighted by Gasteiger charge is 2.29. The van der Waals surface area contributed by atoms with Crippen LogP contribution in [0, 0.1) is 5.92 Å². The molecule has 2 aromatic rings. The van der Waals surface area contributed by atoms with E-state index in [4.69, 9.17) is 0 Å². The summed E-state index contributed by atoms with van der Waals surface area (Å²) < 4.78 is 0. The van der Waals surface area contributed by atoms with Crippen molar-refractivity contribution in [3.63, 3.8) is 0 Å². The Kier molecular flexibility index (Phi) is 4.14. The largest absolute Gasteiger partial charge is 0.352 e. The molecule has 0 unspecified atom stereocenters. The number of para-hydroxylation sites is 1. The molecule has 0 bridgehead atoms. The summed E-state index contributed by atoms with van der Waals surface area (Å²) in [5.74, 6) is 0.0552. The molecule has 0 saturated heterocycles. The van der Waals surface area contributed by atoms with E-state index in [2.05, 4.69) is 15.6 Å². The SMILES string of the molecule is O=C(Nc1ccccc1CNC(=O)C1CC1)c1cccnc1. The first-order valence-electron chi connectivity index (χ1n) is 7.31. The number of hydrogen-bond acceptors (Lipinski definition) is 3. The van der Waals surface area contributed by atoms with E-state index in [0.717, 1.165) is 18.4 Å². The number of hydrogen-bond donors (Lipinski definition) is 2. The Balaban J connectivity index is 1.68. The lowest BCUT2D eigenvalue weighted by Crippen LogP contribution is -2.25. The van der Waals surface area contributed by atoms with Crippen LogP contribution in [0.5, 0.6) is 0 Å². The quantitative estimate of drug-likeness (QED) is 0.889. The summed E-state index contributed by atoms with van der Waals surface area (Å²) in [4.78, 5) is 27.8. The average Bonchev–Trinajstić information content (AvgIpc) is 3.39. The van der Waals surface area contributed by atoms with Crippen LogP contribution in [0.3, 0.4) is 0 Å². The van der Waals surface area contributed by atoms with Crippen LogP contribution in [0.15, 0.2) is 48.8 Å². The number of aromatic nitrogens is 1. The summed E-state index contributed by atoms with van der Waals surface area (Å²) in [5, 5.41) is 5.78. The molecule has 5 nitrogen and oxygen atoms in total. The molecule has 1 aliphatic rings. The van der Waals surface area contributed by atoms with Gasteiger partial charge in [-0.3, -0.25) is 14.6 Å². The van der Waals surface area contributed by atoms with Gasteiger partial charge >= 0.3 is 0 Å². The third-order valence-corrected chi connectivity index (χ3v) is 3.59. The van der Waals surface area contributed by atoms with E-state index < -0.39 is 0 Å². The van der Waals surface area contributed by atoms with E-state index in [1.807, 2.05) is 24.3 Å². The Morgan fingerprint density at radius 1 is 1.14 bits per heavy atom. The minimum Gasteiger partial charge on any atom is -0.352 e. The first-order valence-corrected chi connectivity index (χ1v) is 7.31. The molecule has 22 heavy (non-hydrogen) atoms. The number of nitrogens with one attached hydrogen (secondary N) is 2. The van der Waals surface area contributed by atoms with Crippen LogP contribution in [0.25, 0.3) is 0 Å². The molecule has 2 N–H and O–H groups in total. The lowest BCUT2D eigenvalue weighted by atomic mass is 10.1. The van der Waals surface area contributed by atoms with Gasteiger partial charge in [-0.2, -0.15) is 0 Å². The maximum absolute atomic E-state index is 12.2. The Labute approximate surface area is 128 Å². The summed E-state index contributed by atoms with van der Waals surface area (Å²) in [7, 11) is 0. The normalized spacial score (nSPS) is 13.5. The van der Waals surface area contributed by atoms with Crippen LogP contribution in [0.2, 0.25) is 0 Å². The summed E-state index contributed by atoms with van der Waals surface area (Å²) in [5.41, 5.74) is 2.08. The van der Waals surface area contributed by atoms with Crippen molar-refractivity contribution in [2.24, 2.45) is 5.92 Å². The van der Waals surface area contributed by atoms with Crippen LogP contribution in [0.4, 0.5) is 5.69 Å². The molecule has 1 saturated carbocycles. The van der Waals surface area contributed by atoms with Crippen LogP contribution in [-0.2, 0) is 11.3 Å². The van der Waals surface area contributed by atoms with Crippen molar-refractivity contribution in [1.82, 2.24) is 10.3 Å². The number of amides is 2. The molecule has 1 fully saturated rings. The number of carbonyl (C=O) groups is 2. The monoisotopic (exact) mass is 295 g/mol. The molecule has 112 valence electrons. The van der Waals surface area contributed by atoms with Gasteiger partial charge in [0.2, 0.25) is 5.91 Å². The number of nitrogens with zero attached hydrogens (tertiary/aromatic N) is 1. The predicted molar refractivity (Wildman–Crippen MR) is 83.2 cm³/mol. The van der Waals surface area contributed by atoms with Gasteiger partial charge in [-0.15, -0.1) is 0 Å². The second-order valence-corrected chi connectivity index (χ2v) is 5.35. The number of anilines is 1. The van der Waals surface area contributed by atoms with Crippen molar-refractivity contribution in [1.29, 1.82) is 0 Å². The van der Waals surface area contributed by atoms with E-state index in [-0.39, 0.29) is 17.7 Å². The van der Waals surface area contributed by atoms with Crippen LogP contribution < -0.4 is 10.6 Å². The van der Waals surface area contributed by atoms with Gasteiger partial charge in [0.25, 0.3) is 5.91 Å². The smallest absolute Gasteiger partial charge is 0.257 e. The Bertz CT molecular complexity index is 681. The van der Waals surface area contributed by atoms with Crippen molar-refractivity contribution in [3.05, 3.63) is 59.9 Å². The topological polar surface area (TPSA) is 71.1 Å². The molecule has 0 atom stereocenters. The van der Waals surface area contributed by atoms with Gasteiger partial charge in [-0.1, -0.05) is 18.2 Å². The molecule has 3 rings (SSSR count). The lowest BCUT2D eigenvalue weighted by Gasteiger charge is -2.12. The lowest BCUT2D eigenvalue weighted by molar-refractivity contribution is -0.122. The van der Waals surface area contributed by atoms with Crippen molar-refractivity contribution in [2.45, 2.75) is 19.4 Å². The van der Waals surface area contributed by atoms with Gasteiger partial charge in [0, 0.05) is 30.5 Å². The van der Waals surface area contributed by atoms with E-state index in [1.165, 1.54) is 6.20 Å². The predicted octanol–water partition coefficient (Wildman–Crippen LogP) is 2.36. The highest BCUT2D eigenvalue weighted by atomic mass is 16.2. The molecular formula is C17H17N3O2. The molecule has 1 aromatic carbocycles. The molecule has 1 aromatic heterocycles. The van der Waals surface area contributed by atoms with E-state index in [1.54, 1.807) is 18.3 Å². The molecule has 5 heteroatoms. The minimum absolute atomic E-state index is 0.0911. The van der Waals surface area contributed by atoms with Crippen molar-refractivity contribution in [2.75, 3.05) is 5.32 Å². The maximum Gasteiger partial charge on any atom is 0.257 e. The highest BCUT2D eigenvalue weighted by molar-refractivity contribution is 6.04. The van der Waals surface area contributed by atoms with Gasteiger partial charge in [0.05, 0.1) is 5.56 Å². The molecular weight excluding hydrogens is 278 g/mol. The van der Waals surface area contributed by atoms with Gasteiger partial charge in [-0.05, 0) is 36.6 Å². The van der Waals surface area contributed by atoms with Gasteiger partial charge in [0.1, 0.15) is 0 Å². The van der Waals surface area contributed by atoms with E-state index >= 15 is 0 Å². The molecule has 0 spiro atoms. The van der Waals surface area contributed by atoms with Gasteiger partial charge in [0.15, 0.2) is 0 Å². The second-order valence-electron chi connectivity index (χ2n) is 5.35. The number of carbonyl (C=O) groups excluding carboxylic acids is 2. The maximum atomic E-state index is 12.2. The summed E-state index contributed by atoms with van der Waals surface area (Å²) >= 11 is 0. The van der Waals surface area contributed by atoms with E-state index in [9.17, 15) is 9.59 Å². The first-order chi connectivity index (χ1) is 10.7. The third-order valence-electron chi connectivity index (χ3n) is 3.59. The third kappa shape index (κ3) is 3.49. The van der Waals surface area contributed by atoms with Crippen molar-refractivity contribution in [3.8, 4) is 0 Å². The Morgan fingerprint density at radius 2 is 1.95 bits per heavy atom. The molecule has 1 aliphatic carbocycles. The fourth-order valence-electron chi connectivity index (χ4n) is 2.16. The fraction of sp³-hybridized carbons (Fsp3) is 0.235. The second kappa shape index (κ2) is 6.39. The minimum atomic E-state index is -0.214. The van der Waals surface area contributed by atoms with Crippen molar-refractivity contribution >= 4 is 17.5 Å². The zero-order valence-electron chi connectivity index (χ0n) is 12.1. The molecule has 0 aliphatic heterocycles. The molecule has 1 heterocycles. The Hall–Kier alpha value is -2.69. The summed E-state index contributed by atoms with van der Waals surface area (Å²) in [6.07, 6.45) is 5.10. The standard InChI is InChI=1S/C17H17N3O2/c21-16(12-7-8-12)19-11-13-4-1-2-6-15(13)20-17(22)14-5-3-9-18-10-14/h1-6,9-10,12H,7-8,11H2,(H,19,21)(H,20,22). The summed E-state index contributed by atoms with van der Waals surface area (Å²) in [6, 6.07) is 10.9. The fourth-order valence-corrected chi connectivity index (χ4v) is 2.16. The summed E-state index contributed by atoms with van der Waals surface area (Å²) in [6.45, 7) is 0.416.